The molecule has 0 fully saturated rings. The average molecular weight is 258 g/mol. The van der Waals surface area contributed by atoms with Crippen molar-refractivity contribution in [3.63, 3.8) is 0 Å². The van der Waals surface area contributed by atoms with Gasteiger partial charge >= 0.3 is 5.97 Å². The van der Waals surface area contributed by atoms with E-state index in [1.807, 2.05) is 18.2 Å². The maximum Gasteiger partial charge on any atom is 0.325 e. The third kappa shape index (κ3) is 3.25. The number of ether oxygens (including phenoxy) is 1. The summed E-state index contributed by atoms with van der Waals surface area (Å²) in [5.74, 6) is 0.290. The third-order valence-corrected chi connectivity index (χ3v) is 2.59. The Morgan fingerprint density at radius 2 is 2.16 bits per heavy atom. The lowest BCUT2D eigenvalue weighted by Crippen LogP contribution is -2.27. The number of aromatic nitrogens is 3. The van der Waals surface area contributed by atoms with E-state index in [2.05, 4.69) is 19.9 Å². The van der Waals surface area contributed by atoms with Gasteiger partial charge in [0.15, 0.2) is 5.82 Å². The van der Waals surface area contributed by atoms with Crippen LogP contribution in [0.25, 0.3) is 11.3 Å². The number of esters is 1. The van der Waals surface area contributed by atoms with Gasteiger partial charge in [-0.05, 0) is 24.3 Å². The Balaban J connectivity index is 2.12. The van der Waals surface area contributed by atoms with Crippen LogP contribution in [0.1, 0.15) is 0 Å². The molecule has 0 bridgehead atoms. The second kappa shape index (κ2) is 5.90. The molecule has 2 heterocycles. The van der Waals surface area contributed by atoms with Crippen LogP contribution >= 0.6 is 0 Å². The van der Waals surface area contributed by atoms with Gasteiger partial charge in [0.1, 0.15) is 6.54 Å². The van der Waals surface area contributed by atoms with Crippen LogP contribution in [0.2, 0.25) is 0 Å². The fourth-order valence-electron chi connectivity index (χ4n) is 1.54. The van der Waals surface area contributed by atoms with Crippen LogP contribution in [0.4, 0.5) is 5.82 Å². The number of pyridine rings is 1. The van der Waals surface area contributed by atoms with Crippen LogP contribution in [-0.4, -0.2) is 41.9 Å². The maximum atomic E-state index is 11.2. The first-order valence-electron chi connectivity index (χ1n) is 5.73. The van der Waals surface area contributed by atoms with Gasteiger partial charge in [0.2, 0.25) is 0 Å². The lowest BCUT2D eigenvalue weighted by atomic mass is 10.2. The summed E-state index contributed by atoms with van der Waals surface area (Å²) in [7, 11) is 3.11. The monoisotopic (exact) mass is 258 g/mol. The fourth-order valence-corrected chi connectivity index (χ4v) is 1.54. The highest BCUT2D eigenvalue weighted by Gasteiger charge is 2.09. The standard InChI is InChI=1S/C13H14N4O2/c1-17(9-13(18)19-2)12-6-5-11(15-16-12)10-4-3-7-14-8-10/h3-8H,9H2,1-2H3. The van der Waals surface area contributed by atoms with Crippen LogP contribution in [0, 0.1) is 0 Å². The summed E-state index contributed by atoms with van der Waals surface area (Å²) in [5.41, 5.74) is 1.64. The normalized spacial score (nSPS) is 10.0. The summed E-state index contributed by atoms with van der Waals surface area (Å²) in [6.07, 6.45) is 3.43. The van der Waals surface area contributed by atoms with E-state index >= 15 is 0 Å². The molecule has 2 aromatic rings. The fraction of sp³-hybridized carbons (Fsp3) is 0.231. The van der Waals surface area contributed by atoms with E-state index in [0.717, 1.165) is 11.3 Å². The summed E-state index contributed by atoms with van der Waals surface area (Å²) < 4.78 is 4.60. The molecule has 0 aromatic carbocycles. The number of hydrogen-bond acceptors (Lipinski definition) is 6. The largest absolute Gasteiger partial charge is 0.468 e. The lowest BCUT2D eigenvalue weighted by Gasteiger charge is -2.15. The van der Waals surface area contributed by atoms with Crippen molar-refractivity contribution < 1.29 is 9.53 Å². The van der Waals surface area contributed by atoms with Crippen LogP contribution in [0.5, 0.6) is 0 Å². The highest BCUT2D eigenvalue weighted by Crippen LogP contribution is 2.16. The van der Waals surface area contributed by atoms with E-state index in [1.165, 1.54) is 7.11 Å². The van der Waals surface area contributed by atoms with Gasteiger partial charge in [-0.15, -0.1) is 10.2 Å². The molecule has 0 aliphatic rings. The first-order chi connectivity index (χ1) is 9.20. The Morgan fingerprint density at radius 1 is 1.32 bits per heavy atom. The van der Waals surface area contributed by atoms with E-state index < -0.39 is 0 Å². The number of hydrogen-bond donors (Lipinski definition) is 0. The molecular weight excluding hydrogens is 244 g/mol. The van der Waals surface area contributed by atoms with Crippen LogP contribution in [0.3, 0.4) is 0 Å². The molecule has 2 aromatic heterocycles. The molecule has 19 heavy (non-hydrogen) atoms. The van der Waals surface area contributed by atoms with E-state index in [9.17, 15) is 4.79 Å². The molecule has 0 atom stereocenters. The third-order valence-electron chi connectivity index (χ3n) is 2.59. The summed E-state index contributed by atoms with van der Waals surface area (Å²) in [6, 6.07) is 7.40. The SMILES string of the molecule is COC(=O)CN(C)c1ccc(-c2cccnc2)nn1. The zero-order valence-electron chi connectivity index (χ0n) is 10.8. The summed E-state index contributed by atoms with van der Waals surface area (Å²) in [6.45, 7) is 0.136. The van der Waals surface area contributed by atoms with Crippen molar-refractivity contribution in [1.29, 1.82) is 0 Å². The van der Waals surface area contributed by atoms with Gasteiger partial charge in [0.05, 0.1) is 12.8 Å². The number of anilines is 1. The summed E-state index contributed by atoms with van der Waals surface area (Å²) in [5, 5.41) is 8.20. The van der Waals surface area contributed by atoms with Gasteiger partial charge < -0.3 is 9.64 Å². The van der Waals surface area contributed by atoms with Gasteiger partial charge in [-0.2, -0.15) is 0 Å². The van der Waals surface area contributed by atoms with Gasteiger partial charge in [-0.1, -0.05) is 0 Å². The van der Waals surface area contributed by atoms with Crippen molar-refractivity contribution in [2.24, 2.45) is 0 Å². The van der Waals surface area contributed by atoms with Gasteiger partial charge in [0.25, 0.3) is 0 Å². The molecule has 0 unspecified atom stereocenters. The van der Waals surface area contributed by atoms with E-state index in [1.54, 1.807) is 30.4 Å². The van der Waals surface area contributed by atoms with Crippen molar-refractivity contribution >= 4 is 11.8 Å². The molecule has 0 amide bonds. The first kappa shape index (κ1) is 12.9. The Morgan fingerprint density at radius 3 is 2.74 bits per heavy atom. The second-order valence-corrected chi connectivity index (χ2v) is 3.95. The van der Waals surface area contributed by atoms with Crippen molar-refractivity contribution in [3.05, 3.63) is 36.7 Å². The Hall–Kier alpha value is -2.50. The number of methoxy groups -OCH3 is 1. The molecule has 0 radical (unpaired) electrons. The van der Waals surface area contributed by atoms with Crippen molar-refractivity contribution in [1.82, 2.24) is 15.2 Å². The van der Waals surface area contributed by atoms with Gasteiger partial charge in [-0.25, -0.2) is 0 Å². The molecule has 0 N–H and O–H groups in total. The highest BCUT2D eigenvalue weighted by molar-refractivity contribution is 5.75. The molecule has 0 saturated carbocycles. The number of nitrogens with zero attached hydrogens (tertiary/aromatic N) is 4. The summed E-state index contributed by atoms with van der Waals surface area (Å²) in [4.78, 5) is 16.9. The highest BCUT2D eigenvalue weighted by atomic mass is 16.5. The molecule has 2 rings (SSSR count). The van der Waals surface area contributed by atoms with Gasteiger partial charge in [-0.3, -0.25) is 9.78 Å². The Kier molecular flexibility index (Phi) is 4.02. The van der Waals surface area contributed by atoms with Crippen molar-refractivity contribution in [2.45, 2.75) is 0 Å². The molecule has 6 heteroatoms. The minimum Gasteiger partial charge on any atom is -0.468 e. The number of carbonyl (C=O) groups is 1. The number of likely N-dealkylation sites (N-methyl/N-ethyl adjacent to an activating group) is 1. The second-order valence-electron chi connectivity index (χ2n) is 3.95. The van der Waals surface area contributed by atoms with Gasteiger partial charge in [0, 0.05) is 25.0 Å². The van der Waals surface area contributed by atoms with E-state index in [-0.39, 0.29) is 12.5 Å². The van der Waals surface area contributed by atoms with Crippen LogP contribution < -0.4 is 4.90 Å². The zero-order chi connectivity index (χ0) is 13.7. The lowest BCUT2D eigenvalue weighted by molar-refractivity contribution is -0.138. The predicted molar refractivity (Wildman–Crippen MR) is 70.5 cm³/mol. The molecule has 0 aliphatic carbocycles. The minimum absolute atomic E-state index is 0.136. The molecular formula is C13H14N4O2. The van der Waals surface area contributed by atoms with E-state index in [0.29, 0.717) is 5.82 Å². The average Bonchev–Trinajstić information content (AvgIpc) is 2.48. The molecule has 0 spiro atoms. The number of rotatable bonds is 4. The smallest absolute Gasteiger partial charge is 0.325 e. The topological polar surface area (TPSA) is 68.2 Å². The van der Waals surface area contributed by atoms with Crippen LogP contribution in [-0.2, 0) is 9.53 Å². The minimum atomic E-state index is -0.319. The van der Waals surface area contributed by atoms with Crippen molar-refractivity contribution in [2.75, 3.05) is 25.6 Å². The van der Waals surface area contributed by atoms with Crippen molar-refractivity contribution in [3.8, 4) is 11.3 Å². The van der Waals surface area contributed by atoms with E-state index in [4.69, 9.17) is 0 Å². The molecule has 6 nitrogen and oxygen atoms in total. The quantitative estimate of drug-likeness (QED) is 0.766. The number of carbonyl (C=O) groups excluding carboxylic acids is 1. The Labute approximate surface area is 111 Å². The maximum absolute atomic E-state index is 11.2. The summed E-state index contributed by atoms with van der Waals surface area (Å²) >= 11 is 0. The molecule has 0 saturated heterocycles. The molecule has 98 valence electrons. The first-order valence-corrected chi connectivity index (χ1v) is 5.73. The van der Waals surface area contributed by atoms with Crippen LogP contribution in [0.15, 0.2) is 36.7 Å². The molecule has 0 aliphatic heterocycles. The zero-order valence-corrected chi connectivity index (χ0v) is 10.8. The predicted octanol–water partition coefficient (Wildman–Crippen LogP) is 1.15. The Bertz CT molecular complexity index is 542.